The van der Waals surface area contributed by atoms with Gasteiger partial charge in [0.05, 0.1) is 10.9 Å². The predicted octanol–water partition coefficient (Wildman–Crippen LogP) is 1.92. The molecule has 2 aromatic rings. The Morgan fingerprint density at radius 2 is 2.17 bits per heavy atom. The number of carbonyl (C=O) groups is 2. The molecule has 1 aromatic carbocycles. The highest BCUT2D eigenvalue weighted by Gasteiger charge is 2.31. The van der Waals surface area contributed by atoms with Crippen LogP contribution in [0, 0.1) is 13.8 Å². The Morgan fingerprint density at radius 3 is 2.83 bits per heavy atom. The second kappa shape index (κ2) is 6.64. The molecule has 0 bridgehead atoms. The predicted molar refractivity (Wildman–Crippen MR) is 91.3 cm³/mol. The molecular formula is C16H19N5O2S. The van der Waals surface area contributed by atoms with Gasteiger partial charge in [0.2, 0.25) is 5.91 Å². The lowest BCUT2D eigenvalue weighted by atomic mass is 10.1. The number of aryl methyl sites for hydroxylation is 2. The van der Waals surface area contributed by atoms with E-state index in [-0.39, 0.29) is 11.9 Å². The van der Waals surface area contributed by atoms with E-state index in [9.17, 15) is 9.59 Å². The van der Waals surface area contributed by atoms with Gasteiger partial charge in [-0.1, -0.05) is 29.5 Å². The van der Waals surface area contributed by atoms with E-state index in [0.717, 1.165) is 11.3 Å². The van der Waals surface area contributed by atoms with Crippen LogP contribution in [-0.4, -0.2) is 49.9 Å². The molecule has 7 nitrogen and oxygen atoms in total. The summed E-state index contributed by atoms with van der Waals surface area (Å²) in [5, 5.41) is 10.9. The molecule has 24 heavy (non-hydrogen) atoms. The number of urea groups is 1. The smallest absolute Gasteiger partial charge is 0.324 e. The molecule has 1 unspecified atom stereocenters. The zero-order valence-corrected chi connectivity index (χ0v) is 14.6. The first-order chi connectivity index (χ1) is 11.5. The maximum Gasteiger partial charge on any atom is 0.324 e. The molecule has 126 valence electrons. The number of amides is 3. The first-order valence-electron chi connectivity index (χ1n) is 7.71. The van der Waals surface area contributed by atoms with Crippen LogP contribution in [0.25, 0.3) is 5.69 Å². The lowest BCUT2D eigenvalue weighted by Gasteiger charge is -2.17. The Kier molecular flexibility index (Phi) is 4.57. The highest BCUT2D eigenvalue weighted by Crippen LogP contribution is 2.26. The van der Waals surface area contributed by atoms with E-state index in [1.165, 1.54) is 22.2 Å². The van der Waals surface area contributed by atoms with Crippen LogP contribution >= 0.6 is 11.8 Å². The number of rotatable bonds is 4. The fraction of sp³-hybridized carbons (Fsp3) is 0.375. The SMILES string of the molecule is Cc1ccc(-n2cnnc2SC(C)C(=O)N2CCNC2=O)c(C)c1. The second-order valence-electron chi connectivity index (χ2n) is 5.76. The van der Waals surface area contributed by atoms with Gasteiger partial charge in [0.25, 0.3) is 0 Å². The minimum absolute atomic E-state index is 0.217. The van der Waals surface area contributed by atoms with Gasteiger partial charge < -0.3 is 5.32 Å². The molecule has 1 N–H and O–H groups in total. The highest BCUT2D eigenvalue weighted by atomic mass is 32.2. The van der Waals surface area contributed by atoms with Gasteiger partial charge in [-0.15, -0.1) is 10.2 Å². The van der Waals surface area contributed by atoms with Crippen molar-refractivity contribution in [3.05, 3.63) is 35.7 Å². The molecule has 1 atom stereocenters. The quantitative estimate of drug-likeness (QED) is 0.856. The van der Waals surface area contributed by atoms with Gasteiger partial charge >= 0.3 is 6.03 Å². The van der Waals surface area contributed by atoms with Crippen LogP contribution in [-0.2, 0) is 4.79 Å². The largest absolute Gasteiger partial charge is 0.336 e. The molecule has 1 aliphatic rings. The first-order valence-corrected chi connectivity index (χ1v) is 8.59. The fourth-order valence-corrected chi connectivity index (χ4v) is 3.55. The normalized spacial score (nSPS) is 15.5. The van der Waals surface area contributed by atoms with Gasteiger partial charge in [0.1, 0.15) is 6.33 Å². The van der Waals surface area contributed by atoms with Crippen LogP contribution in [0.5, 0.6) is 0 Å². The Balaban J connectivity index is 1.80. The molecule has 1 fully saturated rings. The van der Waals surface area contributed by atoms with Crippen LogP contribution in [0.4, 0.5) is 4.79 Å². The molecule has 8 heteroatoms. The van der Waals surface area contributed by atoms with Crippen LogP contribution in [0.2, 0.25) is 0 Å². The van der Waals surface area contributed by atoms with Crippen molar-refractivity contribution in [1.29, 1.82) is 0 Å². The van der Waals surface area contributed by atoms with Crippen LogP contribution in [0.15, 0.2) is 29.7 Å². The lowest BCUT2D eigenvalue weighted by Crippen LogP contribution is -2.39. The third-order valence-electron chi connectivity index (χ3n) is 3.88. The number of hydrogen-bond donors (Lipinski definition) is 1. The van der Waals surface area contributed by atoms with Crippen LogP contribution in [0.3, 0.4) is 0 Å². The Labute approximate surface area is 144 Å². The number of benzene rings is 1. The molecule has 0 saturated carbocycles. The molecule has 2 heterocycles. The Hall–Kier alpha value is -2.35. The molecular weight excluding hydrogens is 326 g/mol. The Morgan fingerprint density at radius 1 is 1.38 bits per heavy atom. The minimum atomic E-state index is -0.428. The number of nitrogens with one attached hydrogen (secondary N) is 1. The van der Waals surface area contributed by atoms with Gasteiger partial charge in [0.15, 0.2) is 5.16 Å². The standard InChI is InChI=1S/C16H19N5O2S/c1-10-4-5-13(11(2)8-10)21-9-18-19-16(21)24-12(3)14(22)20-7-6-17-15(20)23/h4-5,8-9,12H,6-7H2,1-3H3,(H,17,23). The van der Waals surface area contributed by atoms with Crippen LogP contribution in [0.1, 0.15) is 18.1 Å². The van der Waals surface area contributed by atoms with Crippen molar-refractivity contribution < 1.29 is 9.59 Å². The maximum atomic E-state index is 12.4. The summed E-state index contributed by atoms with van der Waals surface area (Å²) < 4.78 is 1.87. The summed E-state index contributed by atoms with van der Waals surface area (Å²) in [6.45, 7) is 6.76. The van der Waals surface area contributed by atoms with Crippen molar-refractivity contribution >= 4 is 23.7 Å². The van der Waals surface area contributed by atoms with Crippen LogP contribution < -0.4 is 5.32 Å². The number of thioether (sulfide) groups is 1. The Bertz CT molecular complexity index is 789. The molecule has 1 aromatic heterocycles. The summed E-state index contributed by atoms with van der Waals surface area (Å²) in [5.74, 6) is -0.217. The van der Waals surface area contributed by atoms with Gasteiger partial charge in [-0.25, -0.2) is 4.79 Å². The van der Waals surface area contributed by atoms with E-state index in [1.807, 2.05) is 30.5 Å². The number of nitrogens with zero attached hydrogens (tertiary/aromatic N) is 4. The lowest BCUT2D eigenvalue weighted by molar-refractivity contribution is -0.126. The summed E-state index contributed by atoms with van der Waals surface area (Å²) >= 11 is 1.30. The third kappa shape index (κ3) is 3.14. The number of carbonyl (C=O) groups excluding carboxylic acids is 2. The zero-order chi connectivity index (χ0) is 17.3. The second-order valence-corrected chi connectivity index (χ2v) is 7.06. The topological polar surface area (TPSA) is 80.1 Å². The van der Waals surface area contributed by atoms with Gasteiger partial charge in [-0.05, 0) is 32.4 Å². The van der Waals surface area contributed by atoms with E-state index in [4.69, 9.17) is 0 Å². The molecule has 1 saturated heterocycles. The molecule has 0 spiro atoms. The van der Waals surface area contributed by atoms with Crippen molar-refractivity contribution in [2.24, 2.45) is 0 Å². The van der Waals surface area contributed by atoms with Crippen molar-refractivity contribution in [3.8, 4) is 5.69 Å². The van der Waals surface area contributed by atoms with Gasteiger partial charge in [-0.2, -0.15) is 0 Å². The van der Waals surface area contributed by atoms with Crippen molar-refractivity contribution in [2.45, 2.75) is 31.2 Å². The highest BCUT2D eigenvalue weighted by molar-refractivity contribution is 8.00. The number of aromatic nitrogens is 3. The number of imide groups is 1. The van der Waals surface area contributed by atoms with Crippen molar-refractivity contribution in [3.63, 3.8) is 0 Å². The summed E-state index contributed by atoms with van der Waals surface area (Å²) in [5.41, 5.74) is 3.27. The number of hydrogen-bond acceptors (Lipinski definition) is 5. The molecule has 0 radical (unpaired) electrons. The average molecular weight is 345 g/mol. The summed E-state index contributed by atoms with van der Waals surface area (Å²) in [7, 11) is 0. The van der Waals surface area contributed by atoms with Gasteiger partial charge in [0, 0.05) is 13.1 Å². The van der Waals surface area contributed by atoms with E-state index in [0.29, 0.717) is 18.2 Å². The summed E-state index contributed by atoms with van der Waals surface area (Å²) in [4.78, 5) is 25.3. The van der Waals surface area contributed by atoms with Gasteiger partial charge in [-0.3, -0.25) is 14.3 Å². The van der Waals surface area contributed by atoms with E-state index in [2.05, 4.69) is 21.6 Å². The third-order valence-corrected chi connectivity index (χ3v) is 4.93. The fourth-order valence-electron chi connectivity index (χ4n) is 2.66. The molecule has 3 rings (SSSR count). The summed E-state index contributed by atoms with van der Waals surface area (Å²) in [6.07, 6.45) is 1.64. The maximum absolute atomic E-state index is 12.4. The van der Waals surface area contributed by atoms with E-state index in [1.54, 1.807) is 13.3 Å². The first kappa shape index (κ1) is 16.5. The zero-order valence-electron chi connectivity index (χ0n) is 13.8. The average Bonchev–Trinajstić information content (AvgIpc) is 3.15. The van der Waals surface area contributed by atoms with E-state index >= 15 is 0 Å². The van der Waals surface area contributed by atoms with E-state index < -0.39 is 5.25 Å². The minimum Gasteiger partial charge on any atom is -0.336 e. The molecule has 0 aliphatic carbocycles. The monoisotopic (exact) mass is 345 g/mol. The molecule has 3 amide bonds. The van der Waals surface area contributed by atoms with Crippen molar-refractivity contribution in [1.82, 2.24) is 25.0 Å². The molecule has 1 aliphatic heterocycles. The van der Waals surface area contributed by atoms with Crippen molar-refractivity contribution in [2.75, 3.05) is 13.1 Å². The summed E-state index contributed by atoms with van der Waals surface area (Å²) in [6, 6.07) is 5.80.